The van der Waals surface area contributed by atoms with E-state index in [1.165, 1.54) is 0 Å². The molecule has 0 radical (unpaired) electrons. The molecule has 7 heteroatoms. The van der Waals surface area contributed by atoms with E-state index in [0.717, 1.165) is 74.0 Å². The largest absolute Gasteiger partial charge is 0.376 e. The van der Waals surface area contributed by atoms with Crippen molar-refractivity contribution in [3.63, 3.8) is 0 Å². The van der Waals surface area contributed by atoms with Crippen LogP contribution in [0.1, 0.15) is 35.6 Å². The Labute approximate surface area is 141 Å². The zero-order chi connectivity index (χ0) is 16.4. The number of aromatic nitrogens is 3. The molecule has 0 spiro atoms. The molecule has 1 fully saturated rings. The lowest BCUT2D eigenvalue weighted by Crippen LogP contribution is -2.39. The summed E-state index contributed by atoms with van der Waals surface area (Å²) in [5, 5.41) is 7.78. The van der Waals surface area contributed by atoms with Crippen molar-refractivity contribution in [2.75, 3.05) is 25.0 Å². The Morgan fingerprint density at radius 3 is 3.00 bits per heavy atom. The van der Waals surface area contributed by atoms with Crippen LogP contribution in [-0.2, 0) is 24.3 Å². The van der Waals surface area contributed by atoms with Crippen molar-refractivity contribution < 1.29 is 9.26 Å². The van der Waals surface area contributed by atoms with Crippen LogP contribution in [0.3, 0.4) is 0 Å². The van der Waals surface area contributed by atoms with E-state index in [4.69, 9.17) is 9.26 Å². The fraction of sp³-hybridized carbons (Fsp3) is 0.588. The van der Waals surface area contributed by atoms with Gasteiger partial charge in [0.15, 0.2) is 0 Å². The minimum Gasteiger partial charge on any atom is -0.376 e. The van der Waals surface area contributed by atoms with E-state index in [-0.39, 0.29) is 0 Å². The van der Waals surface area contributed by atoms with Gasteiger partial charge in [0.1, 0.15) is 23.6 Å². The predicted molar refractivity (Wildman–Crippen MR) is 88.6 cm³/mol. The first-order valence-electron chi connectivity index (χ1n) is 8.59. The van der Waals surface area contributed by atoms with E-state index < -0.39 is 0 Å². The zero-order valence-electron chi connectivity index (χ0n) is 14.0. The molecule has 0 aliphatic carbocycles. The van der Waals surface area contributed by atoms with Crippen LogP contribution in [0.5, 0.6) is 0 Å². The first-order chi connectivity index (χ1) is 11.8. The minimum absolute atomic E-state index is 0.463. The number of ether oxygens (including phenoxy) is 1. The summed E-state index contributed by atoms with van der Waals surface area (Å²) in [7, 11) is 0. The Hall–Kier alpha value is -1.99. The number of nitrogens with one attached hydrogen (secondary N) is 1. The lowest BCUT2D eigenvalue weighted by atomic mass is 10.0. The highest BCUT2D eigenvalue weighted by Crippen LogP contribution is 2.23. The average Bonchev–Trinajstić information content (AvgIpc) is 3.00. The number of rotatable bonds is 4. The molecule has 128 valence electrons. The van der Waals surface area contributed by atoms with Gasteiger partial charge in [0.25, 0.3) is 0 Å². The minimum atomic E-state index is 0.463. The van der Waals surface area contributed by atoms with Crippen LogP contribution in [0, 0.1) is 6.92 Å². The molecule has 2 aromatic rings. The maximum atomic E-state index is 5.54. The summed E-state index contributed by atoms with van der Waals surface area (Å²) >= 11 is 0. The molecule has 0 bridgehead atoms. The Balaban J connectivity index is 1.31. The number of aryl methyl sites for hydroxylation is 1. The van der Waals surface area contributed by atoms with Crippen LogP contribution in [0.4, 0.5) is 5.82 Å². The quantitative estimate of drug-likeness (QED) is 0.918. The molecule has 1 N–H and O–H groups in total. The van der Waals surface area contributed by atoms with Crippen LogP contribution < -0.4 is 5.32 Å². The van der Waals surface area contributed by atoms with Crippen LogP contribution in [-0.4, -0.2) is 45.8 Å². The van der Waals surface area contributed by atoms with Crippen molar-refractivity contribution >= 4 is 5.82 Å². The number of hydrogen-bond donors (Lipinski definition) is 1. The Kier molecular flexibility index (Phi) is 4.44. The van der Waals surface area contributed by atoms with E-state index in [2.05, 4.69) is 25.3 Å². The summed E-state index contributed by atoms with van der Waals surface area (Å²) in [6, 6.07) is 2.46. The lowest BCUT2D eigenvalue weighted by molar-refractivity contribution is 0.102. The third-order valence-electron chi connectivity index (χ3n) is 4.79. The van der Waals surface area contributed by atoms with Gasteiger partial charge in [0, 0.05) is 49.4 Å². The summed E-state index contributed by atoms with van der Waals surface area (Å²) in [5.74, 6) is 1.93. The Bertz CT molecular complexity index is 694. The van der Waals surface area contributed by atoms with Gasteiger partial charge in [0.05, 0.1) is 13.2 Å². The summed E-state index contributed by atoms with van der Waals surface area (Å²) < 4.78 is 11.0. The van der Waals surface area contributed by atoms with Gasteiger partial charge in [-0.2, -0.15) is 0 Å². The Morgan fingerprint density at radius 2 is 2.17 bits per heavy atom. The normalized spacial score (nSPS) is 19.2. The maximum absolute atomic E-state index is 5.54. The first kappa shape index (κ1) is 15.5. The number of piperidine rings is 1. The van der Waals surface area contributed by atoms with Gasteiger partial charge in [-0.25, -0.2) is 9.97 Å². The molecular formula is C17H23N5O2. The molecule has 2 aliphatic heterocycles. The first-order valence-corrected chi connectivity index (χ1v) is 8.59. The fourth-order valence-corrected chi connectivity index (χ4v) is 3.39. The van der Waals surface area contributed by atoms with E-state index in [1.807, 2.05) is 13.0 Å². The van der Waals surface area contributed by atoms with Crippen LogP contribution in [0.2, 0.25) is 0 Å². The van der Waals surface area contributed by atoms with Crippen molar-refractivity contribution in [3.05, 3.63) is 35.1 Å². The number of hydrogen-bond acceptors (Lipinski definition) is 7. The SMILES string of the molecule is Cc1cc(NC2CCN(Cc3noc4c3COCC4)CC2)ncn1. The average molecular weight is 329 g/mol. The number of nitrogens with zero attached hydrogens (tertiary/aromatic N) is 4. The molecule has 0 aromatic carbocycles. The van der Waals surface area contributed by atoms with Gasteiger partial charge < -0.3 is 14.6 Å². The van der Waals surface area contributed by atoms with E-state index in [9.17, 15) is 0 Å². The van der Waals surface area contributed by atoms with Crippen LogP contribution in [0.25, 0.3) is 0 Å². The zero-order valence-corrected chi connectivity index (χ0v) is 14.0. The molecule has 24 heavy (non-hydrogen) atoms. The van der Waals surface area contributed by atoms with E-state index in [1.54, 1.807) is 6.33 Å². The van der Waals surface area contributed by atoms with Crippen molar-refractivity contribution in [1.82, 2.24) is 20.0 Å². The molecule has 0 atom stereocenters. The van der Waals surface area contributed by atoms with E-state index in [0.29, 0.717) is 12.6 Å². The predicted octanol–water partition coefficient (Wildman–Crippen LogP) is 1.92. The third kappa shape index (κ3) is 3.42. The molecule has 4 heterocycles. The summed E-state index contributed by atoms with van der Waals surface area (Å²) in [6.45, 7) is 6.30. The molecule has 2 aromatic heterocycles. The second-order valence-electron chi connectivity index (χ2n) is 6.57. The molecule has 0 saturated carbocycles. The van der Waals surface area contributed by atoms with Gasteiger partial charge in [-0.3, -0.25) is 4.90 Å². The summed E-state index contributed by atoms with van der Waals surface area (Å²) in [5.41, 5.74) is 3.20. The molecular weight excluding hydrogens is 306 g/mol. The molecule has 2 aliphatic rings. The second-order valence-corrected chi connectivity index (χ2v) is 6.57. The van der Waals surface area contributed by atoms with E-state index >= 15 is 0 Å². The summed E-state index contributed by atoms with van der Waals surface area (Å²) in [4.78, 5) is 10.9. The van der Waals surface area contributed by atoms with Gasteiger partial charge in [-0.05, 0) is 19.8 Å². The van der Waals surface area contributed by atoms with Crippen LogP contribution >= 0.6 is 0 Å². The molecule has 1 saturated heterocycles. The number of fused-ring (bicyclic) bond motifs is 1. The van der Waals surface area contributed by atoms with Crippen LogP contribution in [0.15, 0.2) is 16.9 Å². The highest BCUT2D eigenvalue weighted by molar-refractivity contribution is 5.35. The highest BCUT2D eigenvalue weighted by Gasteiger charge is 2.24. The van der Waals surface area contributed by atoms with Gasteiger partial charge in [-0.15, -0.1) is 0 Å². The third-order valence-corrected chi connectivity index (χ3v) is 4.79. The van der Waals surface area contributed by atoms with Gasteiger partial charge >= 0.3 is 0 Å². The van der Waals surface area contributed by atoms with Crippen molar-refractivity contribution in [2.24, 2.45) is 0 Å². The highest BCUT2D eigenvalue weighted by atomic mass is 16.5. The van der Waals surface area contributed by atoms with Gasteiger partial charge in [-0.1, -0.05) is 5.16 Å². The fourth-order valence-electron chi connectivity index (χ4n) is 3.39. The van der Waals surface area contributed by atoms with Gasteiger partial charge in [0.2, 0.25) is 0 Å². The van der Waals surface area contributed by atoms with Crippen molar-refractivity contribution in [2.45, 2.75) is 45.4 Å². The monoisotopic (exact) mass is 329 g/mol. The smallest absolute Gasteiger partial charge is 0.144 e. The van der Waals surface area contributed by atoms with Crippen molar-refractivity contribution in [1.29, 1.82) is 0 Å². The molecule has 0 unspecified atom stereocenters. The number of likely N-dealkylation sites (tertiary alicyclic amines) is 1. The lowest BCUT2D eigenvalue weighted by Gasteiger charge is -2.32. The Morgan fingerprint density at radius 1 is 1.29 bits per heavy atom. The topological polar surface area (TPSA) is 76.3 Å². The summed E-state index contributed by atoms with van der Waals surface area (Å²) in [6.07, 6.45) is 4.65. The molecule has 7 nitrogen and oxygen atoms in total. The molecule has 0 amide bonds. The molecule has 4 rings (SSSR count). The standard InChI is InChI=1S/C17H23N5O2/c1-12-8-17(19-11-18-12)20-13-2-5-22(6-3-13)9-15-14-10-23-7-4-16(14)24-21-15/h8,11,13H,2-7,9-10H2,1H3,(H,18,19,20). The number of anilines is 1. The van der Waals surface area contributed by atoms with Crippen molar-refractivity contribution in [3.8, 4) is 0 Å². The second kappa shape index (κ2) is 6.86. The maximum Gasteiger partial charge on any atom is 0.144 e.